The molecule has 14 heteroatoms. The molecule has 2 N–H and O–H groups in total. The lowest BCUT2D eigenvalue weighted by Gasteiger charge is -2.10. The molecule has 162 valence electrons. The van der Waals surface area contributed by atoms with E-state index in [0.29, 0.717) is 6.20 Å². The average molecular weight is 452 g/mol. The van der Waals surface area contributed by atoms with Gasteiger partial charge in [0, 0.05) is 19.3 Å². The Bertz CT molecular complexity index is 1410. The van der Waals surface area contributed by atoms with Crippen molar-refractivity contribution in [2.24, 2.45) is 7.05 Å². The lowest BCUT2D eigenvalue weighted by atomic mass is 10.2. The van der Waals surface area contributed by atoms with Crippen molar-refractivity contribution in [1.82, 2.24) is 34.3 Å². The fourth-order valence-corrected chi connectivity index (χ4v) is 3.89. The Morgan fingerprint density at radius 2 is 1.90 bits per heavy atom. The fourth-order valence-electron chi connectivity index (χ4n) is 2.93. The second kappa shape index (κ2) is 7.01. The summed E-state index contributed by atoms with van der Waals surface area (Å²) in [6.07, 6.45) is -1.40. The molecule has 0 bridgehead atoms. The summed E-state index contributed by atoms with van der Waals surface area (Å²) in [5, 5.41) is 3.99. The van der Waals surface area contributed by atoms with Crippen LogP contribution in [-0.4, -0.2) is 48.5 Å². The van der Waals surface area contributed by atoms with Gasteiger partial charge in [-0.25, -0.2) is 28.4 Å². The van der Waals surface area contributed by atoms with Gasteiger partial charge in [-0.15, -0.1) is 0 Å². The van der Waals surface area contributed by atoms with Crippen molar-refractivity contribution in [3.63, 3.8) is 0 Å². The summed E-state index contributed by atoms with van der Waals surface area (Å²) < 4.78 is 67.0. The van der Waals surface area contributed by atoms with Crippen LogP contribution in [0.3, 0.4) is 0 Å². The maximum absolute atomic E-state index is 13.1. The molecule has 10 nitrogen and oxygen atoms in total. The van der Waals surface area contributed by atoms with Gasteiger partial charge in [0.25, 0.3) is 5.95 Å². The molecule has 31 heavy (non-hydrogen) atoms. The number of nitrogens with zero attached hydrogens (tertiary/aromatic N) is 7. The number of anilines is 1. The Morgan fingerprint density at radius 1 is 1.16 bits per heavy atom. The van der Waals surface area contributed by atoms with Gasteiger partial charge in [-0.3, -0.25) is 0 Å². The number of halogens is 3. The van der Waals surface area contributed by atoms with E-state index in [1.54, 1.807) is 0 Å². The second-order valence-electron chi connectivity index (χ2n) is 6.51. The van der Waals surface area contributed by atoms with Gasteiger partial charge in [0.2, 0.25) is 0 Å². The number of nitrogen functional groups attached to an aromatic ring is 1. The summed E-state index contributed by atoms with van der Waals surface area (Å²) in [6.45, 7) is 1.45. The number of rotatable bonds is 4. The van der Waals surface area contributed by atoms with Crippen LogP contribution in [-0.2, 0) is 23.1 Å². The minimum atomic E-state index is -4.60. The quantitative estimate of drug-likeness (QED) is 0.497. The highest BCUT2D eigenvalue weighted by Gasteiger charge is 2.32. The van der Waals surface area contributed by atoms with Gasteiger partial charge in [-0.1, -0.05) is 6.92 Å². The molecule has 0 aromatic carbocycles. The van der Waals surface area contributed by atoms with E-state index in [1.165, 1.54) is 35.5 Å². The molecule has 4 heterocycles. The molecule has 0 radical (unpaired) electrons. The largest absolute Gasteiger partial charge is 0.417 e. The first-order valence-corrected chi connectivity index (χ1v) is 10.5. The highest BCUT2D eigenvalue weighted by Crippen LogP contribution is 2.32. The molecule has 0 amide bonds. The van der Waals surface area contributed by atoms with Gasteiger partial charge in [0.1, 0.15) is 21.9 Å². The van der Waals surface area contributed by atoms with Gasteiger partial charge < -0.3 is 10.3 Å². The molecule has 0 aliphatic rings. The molecule has 4 aromatic rings. The number of hydrogen-bond donors (Lipinski definition) is 1. The SMILES string of the molecule is CCS(=O)(=O)c1cnc(-n2nccc2N)nc1-c1nc2cc(C(F)(F)F)cnc2n1C. The molecular weight excluding hydrogens is 437 g/mol. The van der Waals surface area contributed by atoms with E-state index in [-0.39, 0.29) is 45.1 Å². The topological polar surface area (TPSA) is 134 Å². The molecule has 4 rings (SSSR count). The third-order valence-corrected chi connectivity index (χ3v) is 6.30. The molecule has 0 fully saturated rings. The van der Waals surface area contributed by atoms with Crippen LogP contribution in [0.15, 0.2) is 35.6 Å². The highest BCUT2D eigenvalue weighted by molar-refractivity contribution is 7.91. The summed E-state index contributed by atoms with van der Waals surface area (Å²) >= 11 is 0. The number of pyridine rings is 1. The summed E-state index contributed by atoms with van der Waals surface area (Å²) in [6, 6.07) is 2.34. The van der Waals surface area contributed by atoms with Crippen molar-refractivity contribution in [1.29, 1.82) is 0 Å². The Hall–Kier alpha value is -3.55. The zero-order valence-corrected chi connectivity index (χ0v) is 17.0. The first-order chi connectivity index (χ1) is 14.5. The average Bonchev–Trinajstić information content (AvgIpc) is 3.29. The van der Waals surface area contributed by atoms with Crippen LogP contribution in [0.5, 0.6) is 0 Å². The van der Waals surface area contributed by atoms with Crippen molar-refractivity contribution in [2.45, 2.75) is 18.0 Å². The molecule has 0 aliphatic heterocycles. The zero-order chi connectivity index (χ0) is 22.6. The fraction of sp³-hybridized carbons (Fsp3) is 0.235. The van der Waals surface area contributed by atoms with E-state index in [2.05, 4.69) is 25.0 Å². The van der Waals surface area contributed by atoms with Crippen molar-refractivity contribution in [3.8, 4) is 17.5 Å². The van der Waals surface area contributed by atoms with E-state index in [1.807, 2.05) is 0 Å². The van der Waals surface area contributed by atoms with E-state index < -0.39 is 21.6 Å². The van der Waals surface area contributed by atoms with Crippen LogP contribution in [0.2, 0.25) is 0 Å². The van der Waals surface area contributed by atoms with Crippen LogP contribution in [0.1, 0.15) is 12.5 Å². The summed E-state index contributed by atoms with van der Waals surface area (Å²) in [5.74, 6) is -0.0576. The minimum absolute atomic E-state index is 0.00299. The van der Waals surface area contributed by atoms with E-state index in [0.717, 1.165) is 12.3 Å². The van der Waals surface area contributed by atoms with Crippen molar-refractivity contribution >= 4 is 26.8 Å². The third-order valence-electron chi connectivity index (χ3n) is 4.57. The summed E-state index contributed by atoms with van der Waals surface area (Å²) in [5.41, 5.74) is 4.81. The molecule has 4 aromatic heterocycles. The Morgan fingerprint density at radius 3 is 2.52 bits per heavy atom. The third kappa shape index (κ3) is 3.48. The van der Waals surface area contributed by atoms with Gasteiger partial charge in [-0.2, -0.15) is 23.0 Å². The molecule has 0 spiro atoms. The van der Waals surface area contributed by atoms with Crippen LogP contribution in [0.4, 0.5) is 19.0 Å². The van der Waals surface area contributed by atoms with Gasteiger partial charge >= 0.3 is 6.18 Å². The maximum atomic E-state index is 13.1. The van der Waals surface area contributed by atoms with E-state index in [4.69, 9.17) is 5.73 Å². The van der Waals surface area contributed by atoms with E-state index >= 15 is 0 Å². The van der Waals surface area contributed by atoms with Crippen LogP contribution in [0.25, 0.3) is 28.6 Å². The molecule has 0 saturated heterocycles. The van der Waals surface area contributed by atoms with Crippen LogP contribution >= 0.6 is 0 Å². The summed E-state index contributed by atoms with van der Waals surface area (Å²) in [7, 11) is -2.30. The first kappa shape index (κ1) is 20.7. The Labute approximate surface area is 173 Å². The molecule has 0 saturated carbocycles. The lowest BCUT2D eigenvalue weighted by molar-refractivity contribution is -0.137. The first-order valence-electron chi connectivity index (χ1n) is 8.82. The number of aryl methyl sites for hydroxylation is 1. The predicted octanol–water partition coefficient (Wildman–Crippen LogP) is 2.01. The maximum Gasteiger partial charge on any atom is 0.417 e. The smallest absolute Gasteiger partial charge is 0.383 e. The molecule has 0 atom stereocenters. The van der Waals surface area contributed by atoms with Crippen LogP contribution in [0, 0.1) is 0 Å². The second-order valence-corrected chi connectivity index (χ2v) is 8.76. The molecule has 0 unspecified atom stereocenters. The number of nitrogens with two attached hydrogens (primary N) is 1. The number of hydrogen-bond acceptors (Lipinski definition) is 8. The number of aromatic nitrogens is 7. The van der Waals surface area contributed by atoms with E-state index in [9.17, 15) is 21.6 Å². The lowest BCUT2D eigenvalue weighted by Crippen LogP contribution is -2.13. The Balaban J connectivity index is 2.00. The number of fused-ring (bicyclic) bond motifs is 1. The summed E-state index contributed by atoms with van der Waals surface area (Å²) in [4.78, 5) is 16.1. The van der Waals surface area contributed by atoms with Gasteiger partial charge in [0.15, 0.2) is 21.3 Å². The molecule has 0 aliphatic carbocycles. The number of sulfone groups is 1. The van der Waals surface area contributed by atoms with Crippen LogP contribution < -0.4 is 5.73 Å². The minimum Gasteiger partial charge on any atom is -0.383 e. The van der Waals surface area contributed by atoms with Gasteiger partial charge in [-0.05, 0) is 6.07 Å². The number of imidazole rings is 1. The predicted molar refractivity (Wildman–Crippen MR) is 104 cm³/mol. The van der Waals surface area contributed by atoms with Crippen molar-refractivity contribution in [3.05, 3.63) is 36.3 Å². The Kier molecular flexibility index (Phi) is 4.68. The standard InChI is InChI=1S/C17H15F3N8O2S/c1-3-31(29,30)11-8-23-16(28-12(21)4-5-24-28)26-13(11)15-25-10-6-9(17(18,19)20)7-22-14(10)27(15)2/h4-8H,3,21H2,1-2H3. The molecular formula is C17H15F3N8O2S. The number of alkyl halides is 3. The zero-order valence-electron chi connectivity index (χ0n) is 16.2. The monoisotopic (exact) mass is 452 g/mol. The normalized spacial score (nSPS) is 12.5. The van der Waals surface area contributed by atoms with Gasteiger partial charge in [0.05, 0.1) is 23.7 Å². The highest BCUT2D eigenvalue weighted by atomic mass is 32.2. The van der Waals surface area contributed by atoms with Crippen molar-refractivity contribution in [2.75, 3.05) is 11.5 Å². The van der Waals surface area contributed by atoms with Crippen molar-refractivity contribution < 1.29 is 21.6 Å².